The summed E-state index contributed by atoms with van der Waals surface area (Å²) in [5.41, 5.74) is 1.15. The van der Waals surface area contributed by atoms with Crippen LogP contribution in [0.5, 0.6) is 5.75 Å². The largest absolute Gasteiger partial charge is 0.508 e. The number of aromatic hydroxyl groups is 1. The monoisotopic (exact) mass is 164 g/mol. The molecule has 0 aliphatic carbocycles. The zero-order chi connectivity index (χ0) is 7.84. The van der Waals surface area contributed by atoms with Gasteiger partial charge in [-0.3, -0.25) is 0 Å². The van der Waals surface area contributed by atoms with Crippen LogP contribution in [0.4, 0.5) is 0 Å². The van der Waals surface area contributed by atoms with Crippen molar-refractivity contribution in [2.24, 2.45) is 0 Å². The first-order valence-electron chi connectivity index (χ1n) is 3.44. The molecule has 0 amide bonds. The lowest BCUT2D eigenvalue weighted by Gasteiger charge is -1.96. The molecule has 0 radical (unpaired) electrons. The van der Waals surface area contributed by atoms with Gasteiger partial charge in [0.05, 0.1) is 0 Å². The summed E-state index contributed by atoms with van der Waals surface area (Å²) in [5.74, 6) is 0.355. The van der Waals surface area contributed by atoms with Crippen molar-refractivity contribution >= 4 is 21.4 Å². The maximum atomic E-state index is 9.23. The highest BCUT2D eigenvalue weighted by Crippen LogP contribution is 2.28. The summed E-state index contributed by atoms with van der Waals surface area (Å²) >= 11 is 1.71. The Labute approximate surface area is 68.9 Å². The van der Waals surface area contributed by atoms with E-state index in [0.717, 1.165) is 10.9 Å². The standard InChI is InChI=1S/C9H8OS/c1-6-4-8(10)5-7-2-3-11-9(6)7/h2-5,10H,1H3. The van der Waals surface area contributed by atoms with E-state index in [0.29, 0.717) is 5.75 Å². The van der Waals surface area contributed by atoms with Gasteiger partial charge in [-0.05, 0) is 41.5 Å². The second kappa shape index (κ2) is 2.24. The Bertz CT molecular complexity index is 389. The fourth-order valence-electron chi connectivity index (χ4n) is 1.24. The SMILES string of the molecule is Cc1cc(O)cc2ccsc12. The molecule has 0 aliphatic heterocycles. The number of hydrogen-bond donors (Lipinski definition) is 1. The lowest BCUT2D eigenvalue weighted by Crippen LogP contribution is -1.71. The fraction of sp³-hybridized carbons (Fsp3) is 0.111. The van der Waals surface area contributed by atoms with E-state index in [1.165, 1.54) is 4.70 Å². The smallest absolute Gasteiger partial charge is 0.116 e. The van der Waals surface area contributed by atoms with E-state index in [1.54, 1.807) is 23.5 Å². The molecule has 0 bridgehead atoms. The first kappa shape index (κ1) is 6.68. The molecular weight excluding hydrogens is 156 g/mol. The third-order valence-corrected chi connectivity index (χ3v) is 2.79. The summed E-state index contributed by atoms with van der Waals surface area (Å²) in [7, 11) is 0. The summed E-state index contributed by atoms with van der Waals surface area (Å²) in [6.45, 7) is 2.01. The van der Waals surface area contributed by atoms with Gasteiger partial charge in [0.1, 0.15) is 5.75 Å². The summed E-state index contributed by atoms with van der Waals surface area (Å²) in [4.78, 5) is 0. The van der Waals surface area contributed by atoms with Gasteiger partial charge in [0.25, 0.3) is 0 Å². The zero-order valence-electron chi connectivity index (χ0n) is 6.16. The Kier molecular flexibility index (Phi) is 1.36. The van der Waals surface area contributed by atoms with Crippen LogP contribution in [0.2, 0.25) is 0 Å². The van der Waals surface area contributed by atoms with Crippen molar-refractivity contribution in [3.63, 3.8) is 0 Å². The van der Waals surface area contributed by atoms with Crippen molar-refractivity contribution in [2.75, 3.05) is 0 Å². The van der Waals surface area contributed by atoms with Gasteiger partial charge < -0.3 is 5.11 Å². The molecule has 0 saturated heterocycles. The number of fused-ring (bicyclic) bond motifs is 1. The van der Waals surface area contributed by atoms with Gasteiger partial charge in [-0.25, -0.2) is 0 Å². The average molecular weight is 164 g/mol. The highest BCUT2D eigenvalue weighted by Gasteiger charge is 1.99. The van der Waals surface area contributed by atoms with Crippen molar-refractivity contribution in [1.29, 1.82) is 0 Å². The molecule has 2 heteroatoms. The van der Waals surface area contributed by atoms with Gasteiger partial charge in [-0.15, -0.1) is 11.3 Å². The maximum absolute atomic E-state index is 9.23. The molecule has 2 rings (SSSR count). The fourth-order valence-corrected chi connectivity index (χ4v) is 2.10. The third kappa shape index (κ3) is 0.994. The van der Waals surface area contributed by atoms with Crippen molar-refractivity contribution in [1.82, 2.24) is 0 Å². The Hall–Kier alpha value is -1.02. The van der Waals surface area contributed by atoms with Crippen LogP contribution in [-0.2, 0) is 0 Å². The molecule has 0 fully saturated rings. The normalized spacial score (nSPS) is 10.6. The molecule has 0 atom stereocenters. The lowest BCUT2D eigenvalue weighted by molar-refractivity contribution is 0.476. The average Bonchev–Trinajstić information content (AvgIpc) is 2.34. The number of rotatable bonds is 0. The summed E-state index contributed by atoms with van der Waals surface area (Å²) in [6.07, 6.45) is 0. The highest BCUT2D eigenvalue weighted by molar-refractivity contribution is 7.17. The van der Waals surface area contributed by atoms with Crippen LogP contribution in [0.3, 0.4) is 0 Å². The second-order valence-electron chi connectivity index (χ2n) is 2.60. The lowest BCUT2D eigenvalue weighted by atomic mass is 10.2. The van der Waals surface area contributed by atoms with E-state index >= 15 is 0 Å². The van der Waals surface area contributed by atoms with Crippen molar-refractivity contribution in [2.45, 2.75) is 6.92 Å². The molecule has 0 spiro atoms. The third-order valence-electron chi connectivity index (χ3n) is 1.72. The van der Waals surface area contributed by atoms with Crippen LogP contribution < -0.4 is 0 Å². The van der Waals surface area contributed by atoms with Crippen molar-refractivity contribution < 1.29 is 5.11 Å². The summed E-state index contributed by atoms with van der Waals surface area (Å²) in [6, 6.07) is 5.60. The van der Waals surface area contributed by atoms with Crippen molar-refractivity contribution in [3.05, 3.63) is 29.1 Å². The van der Waals surface area contributed by atoms with E-state index in [9.17, 15) is 5.11 Å². The quantitative estimate of drug-likeness (QED) is 0.634. The molecule has 1 aromatic carbocycles. The van der Waals surface area contributed by atoms with E-state index in [4.69, 9.17) is 0 Å². The van der Waals surface area contributed by atoms with Gasteiger partial charge >= 0.3 is 0 Å². The minimum absolute atomic E-state index is 0.355. The Morgan fingerprint density at radius 1 is 1.36 bits per heavy atom. The van der Waals surface area contributed by atoms with Gasteiger partial charge in [-0.2, -0.15) is 0 Å². The van der Waals surface area contributed by atoms with Crippen molar-refractivity contribution in [3.8, 4) is 5.75 Å². The molecule has 11 heavy (non-hydrogen) atoms. The Morgan fingerprint density at radius 3 is 3.00 bits per heavy atom. The zero-order valence-corrected chi connectivity index (χ0v) is 6.98. The molecule has 56 valence electrons. The van der Waals surface area contributed by atoms with Crippen LogP contribution in [0, 0.1) is 6.92 Å². The number of thiophene rings is 1. The molecule has 1 aromatic heterocycles. The molecular formula is C9H8OS. The first-order valence-corrected chi connectivity index (χ1v) is 4.32. The van der Waals surface area contributed by atoms with Gasteiger partial charge in [-0.1, -0.05) is 0 Å². The minimum atomic E-state index is 0.355. The van der Waals surface area contributed by atoms with Crippen LogP contribution in [0.25, 0.3) is 10.1 Å². The van der Waals surface area contributed by atoms with Crippen LogP contribution in [-0.4, -0.2) is 5.11 Å². The first-order chi connectivity index (χ1) is 5.27. The molecule has 2 aromatic rings. The predicted octanol–water partition coefficient (Wildman–Crippen LogP) is 2.92. The molecule has 0 unspecified atom stereocenters. The van der Waals surface area contributed by atoms with Crippen LogP contribution in [0.15, 0.2) is 23.6 Å². The highest BCUT2D eigenvalue weighted by atomic mass is 32.1. The number of phenolic OH excluding ortho intramolecular Hbond substituents is 1. The van der Waals surface area contributed by atoms with Crippen LogP contribution in [0.1, 0.15) is 5.56 Å². The van der Waals surface area contributed by atoms with E-state index in [-0.39, 0.29) is 0 Å². The van der Waals surface area contributed by atoms with Gasteiger partial charge in [0.2, 0.25) is 0 Å². The predicted molar refractivity (Wildman–Crippen MR) is 48.2 cm³/mol. The number of benzene rings is 1. The van der Waals surface area contributed by atoms with E-state index in [1.807, 2.05) is 18.4 Å². The molecule has 0 saturated carbocycles. The number of phenols is 1. The Balaban J connectivity index is 2.91. The maximum Gasteiger partial charge on any atom is 0.116 e. The number of aryl methyl sites for hydroxylation is 1. The molecule has 1 nitrogen and oxygen atoms in total. The summed E-state index contributed by atoms with van der Waals surface area (Å²) < 4.78 is 1.27. The van der Waals surface area contributed by atoms with E-state index in [2.05, 4.69) is 0 Å². The molecule has 1 N–H and O–H groups in total. The van der Waals surface area contributed by atoms with Gasteiger partial charge in [0, 0.05) is 4.70 Å². The molecule has 1 heterocycles. The topological polar surface area (TPSA) is 20.2 Å². The second-order valence-corrected chi connectivity index (χ2v) is 3.52. The summed E-state index contributed by atoms with van der Waals surface area (Å²) in [5, 5.41) is 12.4. The Morgan fingerprint density at radius 2 is 2.18 bits per heavy atom. The van der Waals surface area contributed by atoms with E-state index < -0.39 is 0 Å². The minimum Gasteiger partial charge on any atom is -0.508 e. The van der Waals surface area contributed by atoms with Gasteiger partial charge in [0.15, 0.2) is 0 Å². The van der Waals surface area contributed by atoms with Crippen LogP contribution >= 0.6 is 11.3 Å². The molecule has 0 aliphatic rings. The number of hydrogen-bond acceptors (Lipinski definition) is 2.